The Morgan fingerprint density at radius 1 is 0.356 bits per heavy atom. The van der Waals surface area contributed by atoms with Gasteiger partial charge in [-0.25, -0.2) is 0 Å². The zero-order valence-corrected chi connectivity index (χ0v) is 32.7. The van der Waals surface area contributed by atoms with E-state index < -0.39 is 8.80 Å². The Labute approximate surface area is 287 Å². The molecule has 264 valence electrons. The van der Waals surface area contributed by atoms with E-state index in [1.807, 2.05) is 0 Å². The lowest BCUT2D eigenvalue weighted by Gasteiger charge is -2.27. The van der Waals surface area contributed by atoms with Crippen molar-refractivity contribution in [3.05, 3.63) is 35.9 Å². The molecule has 0 aliphatic rings. The molecule has 0 aliphatic carbocycles. The molecule has 0 spiro atoms. The van der Waals surface area contributed by atoms with Gasteiger partial charge in [0.15, 0.2) is 0 Å². The van der Waals surface area contributed by atoms with Gasteiger partial charge in [-0.3, -0.25) is 0 Å². The fourth-order valence-corrected chi connectivity index (χ4v) is 11.9. The first kappa shape index (κ1) is 42.5. The minimum atomic E-state index is -0.814. The first-order valence-electron chi connectivity index (χ1n) is 21.4. The van der Waals surface area contributed by atoms with Gasteiger partial charge in [-0.2, -0.15) is 0 Å². The van der Waals surface area contributed by atoms with Crippen molar-refractivity contribution in [3.63, 3.8) is 0 Å². The van der Waals surface area contributed by atoms with Crippen LogP contribution in [-0.4, -0.2) is 8.80 Å². The van der Waals surface area contributed by atoms with Crippen LogP contribution < -0.4 is 0 Å². The topological polar surface area (TPSA) is 0 Å². The summed E-state index contributed by atoms with van der Waals surface area (Å²) in [5, 5.41) is 0. The molecule has 0 radical (unpaired) electrons. The van der Waals surface area contributed by atoms with Crippen LogP contribution in [0.2, 0.25) is 12.1 Å². The van der Waals surface area contributed by atoms with Gasteiger partial charge in [0.25, 0.3) is 0 Å². The Kier molecular flexibility index (Phi) is 32.8. The largest absolute Gasteiger partial charge is 0.0654 e. The van der Waals surface area contributed by atoms with Crippen LogP contribution in [0, 0.1) is 0 Å². The highest BCUT2D eigenvalue weighted by Crippen LogP contribution is 2.32. The van der Waals surface area contributed by atoms with Crippen LogP contribution in [-0.2, 0) is 0 Å². The van der Waals surface area contributed by atoms with Crippen molar-refractivity contribution in [2.75, 3.05) is 0 Å². The molecule has 1 aromatic carbocycles. The molecule has 0 aromatic heterocycles. The molecule has 45 heavy (non-hydrogen) atoms. The van der Waals surface area contributed by atoms with E-state index in [0.29, 0.717) is 0 Å². The van der Waals surface area contributed by atoms with Gasteiger partial charge >= 0.3 is 0 Å². The molecule has 0 aliphatic heterocycles. The maximum Gasteiger partial charge on any atom is 0.0449 e. The van der Waals surface area contributed by atoms with E-state index in [2.05, 4.69) is 51.1 Å². The van der Waals surface area contributed by atoms with Crippen LogP contribution in [0.1, 0.15) is 237 Å². The predicted octanol–water partition coefficient (Wildman–Crippen LogP) is 16.1. The monoisotopic (exact) mass is 641 g/mol. The van der Waals surface area contributed by atoms with Crippen LogP contribution in [0.15, 0.2) is 30.3 Å². The Morgan fingerprint density at radius 3 is 0.978 bits per heavy atom. The second-order valence-electron chi connectivity index (χ2n) is 15.0. The van der Waals surface area contributed by atoms with Crippen LogP contribution in [0.4, 0.5) is 0 Å². The van der Waals surface area contributed by atoms with Gasteiger partial charge in [0, 0.05) is 8.80 Å². The Balaban J connectivity index is 2.47. The second kappa shape index (κ2) is 34.8. The Hall–Kier alpha value is -0.563. The average Bonchev–Trinajstić information content (AvgIpc) is 3.06. The minimum absolute atomic E-state index is 0.814. The first-order chi connectivity index (χ1) is 22.3. The van der Waals surface area contributed by atoms with Gasteiger partial charge in [0.05, 0.1) is 0 Å². The molecule has 0 nitrogen and oxygen atoms in total. The molecule has 0 saturated heterocycles. The summed E-state index contributed by atoms with van der Waals surface area (Å²) in [6, 6.07) is 15.1. The van der Waals surface area contributed by atoms with Crippen molar-refractivity contribution >= 4 is 8.80 Å². The molecule has 0 bridgehead atoms. The zero-order chi connectivity index (χ0) is 32.3. The van der Waals surface area contributed by atoms with Crippen molar-refractivity contribution in [1.82, 2.24) is 0 Å². The van der Waals surface area contributed by atoms with Gasteiger partial charge in [-0.1, -0.05) is 262 Å². The minimum Gasteiger partial charge on any atom is -0.0654 e. The Morgan fingerprint density at radius 2 is 0.644 bits per heavy atom. The normalized spacial score (nSPS) is 12.4. The maximum atomic E-state index is 2.50. The molecule has 1 atom stereocenters. The maximum absolute atomic E-state index is 2.50. The molecule has 0 heterocycles. The van der Waals surface area contributed by atoms with E-state index in [1.165, 1.54) is 205 Å². The quantitative estimate of drug-likeness (QED) is 0.0505. The average molecular weight is 641 g/mol. The van der Waals surface area contributed by atoms with Crippen molar-refractivity contribution < 1.29 is 0 Å². The lowest BCUT2D eigenvalue weighted by atomic mass is 10.0. The fourth-order valence-electron chi connectivity index (χ4n) is 7.74. The molecule has 1 heteroatoms. The fraction of sp³-hybridized carbons (Fsp3) is 0.864. The predicted molar refractivity (Wildman–Crippen MR) is 211 cm³/mol. The molecule has 0 fully saturated rings. The van der Waals surface area contributed by atoms with E-state index in [9.17, 15) is 0 Å². The molecular formula is C44H84Si. The summed E-state index contributed by atoms with van der Waals surface area (Å²) in [4.78, 5) is 0. The third-order valence-corrected chi connectivity index (χ3v) is 14.9. The molecule has 1 rings (SSSR count). The van der Waals surface area contributed by atoms with E-state index in [4.69, 9.17) is 0 Å². The molecule has 0 saturated carbocycles. The van der Waals surface area contributed by atoms with Crippen LogP contribution in [0.3, 0.4) is 0 Å². The number of hydrogen-bond acceptors (Lipinski definition) is 0. The summed E-state index contributed by atoms with van der Waals surface area (Å²) in [5.41, 5.74) is 2.63. The van der Waals surface area contributed by atoms with Crippen molar-refractivity contribution in [2.24, 2.45) is 0 Å². The first-order valence-corrected chi connectivity index (χ1v) is 23.7. The molecular weight excluding hydrogens is 557 g/mol. The highest BCUT2D eigenvalue weighted by atomic mass is 28.3. The summed E-state index contributed by atoms with van der Waals surface area (Å²) in [6.07, 6.45) is 46.9. The van der Waals surface area contributed by atoms with Gasteiger partial charge in [0.2, 0.25) is 0 Å². The molecule has 0 amide bonds. The van der Waals surface area contributed by atoms with E-state index in [0.717, 1.165) is 5.54 Å². The van der Waals surface area contributed by atoms with E-state index >= 15 is 0 Å². The van der Waals surface area contributed by atoms with Crippen molar-refractivity contribution in [3.8, 4) is 0 Å². The summed E-state index contributed by atoms with van der Waals surface area (Å²) in [6.45, 7) is 6.98. The molecule has 0 N–H and O–H groups in total. The SMILES string of the molecule is CCCCCCCCCCCCCC[SiH](CCCCCCCCCCCCCC)C(CCCCCCCCC)c1ccccc1. The smallest absolute Gasteiger partial charge is 0.0449 e. The number of unbranched alkanes of at least 4 members (excludes halogenated alkanes) is 28. The lowest BCUT2D eigenvalue weighted by Crippen LogP contribution is -2.24. The highest BCUT2D eigenvalue weighted by Gasteiger charge is 2.23. The van der Waals surface area contributed by atoms with Crippen molar-refractivity contribution in [2.45, 2.75) is 244 Å². The van der Waals surface area contributed by atoms with Crippen molar-refractivity contribution in [1.29, 1.82) is 0 Å². The zero-order valence-electron chi connectivity index (χ0n) is 31.6. The summed E-state index contributed by atoms with van der Waals surface area (Å²) in [5.74, 6) is 0. The second-order valence-corrected chi connectivity index (χ2v) is 18.5. The number of hydrogen-bond donors (Lipinski definition) is 0. The summed E-state index contributed by atoms with van der Waals surface area (Å²) >= 11 is 0. The standard InChI is InChI=1S/C44H84Si/c1-4-7-10-13-16-18-20-22-24-27-30-36-41-45(42-37-31-28-25-23-21-19-17-14-11-8-5-2)44(43-38-33-32-34-39-43)40-35-29-26-15-12-9-6-3/h32-34,38-39,44-45H,4-31,35-37,40-42H2,1-3H3. The van der Waals surface area contributed by atoms with Crippen LogP contribution >= 0.6 is 0 Å². The third kappa shape index (κ3) is 27.1. The van der Waals surface area contributed by atoms with Crippen LogP contribution in [0.25, 0.3) is 0 Å². The van der Waals surface area contributed by atoms with Gasteiger partial charge in [0.1, 0.15) is 0 Å². The molecule has 1 unspecified atom stereocenters. The third-order valence-electron chi connectivity index (χ3n) is 10.8. The van der Waals surface area contributed by atoms with Crippen LogP contribution in [0.5, 0.6) is 0 Å². The highest BCUT2D eigenvalue weighted by molar-refractivity contribution is 6.60. The number of benzene rings is 1. The Bertz CT molecular complexity index is 641. The van der Waals surface area contributed by atoms with Gasteiger partial charge in [-0.05, 0) is 17.5 Å². The summed E-state index contributed by atoms with van der Waals surface area (Å²) in [7, 11) is -0.814. The van der Waals surface area contributed by atoms with E-state index in [1.54, 1.807) is 17.7 Å². The summed E-state index contributed by atoms with van der Waals surface area (Å²) < 4.78 is 0. The van der Waals surface area contributed by atoms with Gasteiger partial charge in [-0.15, -0.1) is 0 Å². The van der Waals surface area contributed by atoms with E-state index in [-0.39, 0.29) is 0 Å². The molecule has 1 aromatic rings. The number of rotatable bonds is 36. The van der Waals surface area contributed by atoms with Gasteiger partial charge < -0.3 is 0 Å². The lowest BCUT2D eigenvalue weighted by molar-refractivity contribution is 0.544.